The van der Waals surface area contributed by atoms with Gasteiger partial charge < -0.3 is 20.0 Å². The van der Waals surface area contributed by atoms with Crippen LogP contribution in [0.3, 0.4) is 0 Å². The van der Waals surface area contributed by atoms with Crippen molar-refractivity contribution >= 4 is 47.2 Å². The van der Waals surface area contributed by atoms with Gasteiger partial charge in [0, 0.05) is 30.9 Å². The maximum absolute atomic E-state index is 12.2. The molecule has 2 aromatic heterocycles. The van der Waals surface area contributed by atoms with Gasteiger partial charge in [-0.05, 0) is 36.4 Å². The van der Waals surface area contributed by atoms with Crippen molar-refractivity contribution in [3.63, 3.8) is 0 Å². The molecule has 0 saturated carbocycles. The molecule has 1 saturated heterocycles. The van der Waals surface area contributed by atoms with Gasteiger partial charge in [-0.2, -0.15) is 0 Å². The number of hydrogen-bond donors (Lipinski definition) is 2. The van der Waals surface area contributed by atoms with Crippen LogP contribution in [0, 0.1) is 0 Å². The predicted octanol–water partition coefficient (Wildman–Crippen LogP) is 2.86. The molecule has 142 valence electrons. The van der Waals surface area contributed by atoms with E-state index < -0.39 is 0 Å². The van der Waals surface area contributed by atoms with Gasteiger partial charge in [-0.3, -0.25) is 4.79 Å². The van der Waals surface area contributed by atoms with Crippen molar-refractivity contribution in [3.05, 3.63) is 46.5 Å². The number of nitrogens with one attached hydrogen (secondary N) is 2. The highest BCUT2D eigenvalue weighted by molar-refractivity contribution is 14.0. The summed E-state index contributed by atoms with van der Waals surface area (Å²) in [5.41, 5.74) is 0. The van der Waals surface area contributed by atoms with Crippen molar-refractivity contribution in [2.45, 2.75) is 25.8 Å². The molecule has 1 aliphatic heterocycles. The molecule has 0 bridgehead atoms. The molecule has 1 aliphatic rings. The molecule has 0 spiro atoms. The fourth-order valence-electron chi connectivity index (χ4n) is 2.73. The maximum atomic E-state index is 12.2. The third-order valence-electron chi connectivity index (χ3n) is 4.09. The molecule has 1 fully saturated rings. The normalized spacial score (nSPS) is 14.2. The van der Waals surface area contributed by atoms with Crippen LogP contribution in [0.25, 0.3) is 0 Å². The minimum Gasteiger partial charge on any atom is -0.469 e. The lowest BCUT2D eigenvalue weighted by Crippen LogP contribution is -2.39. The average Bonchev–Trinajstić information content (AvgIpc) is 3.39. The van der Waals surface area contributed by atoms with Crippen molar-refractivity contribution in [2.24, 2.45) is 4.99 Å². The summed E-state index contributed by atoms with van der Waals surface area (Å²) in [4.78, 5) is 19.8. The van der Waals surface area contributed by atoms with Crippen LogP contribution in [0.4, 0.5) is 0 Å². The van der Waals surface area contributed by atoms with Crippen molar-refractivity contribution < 1.29 is 9.21 Å². The zero-order valence-electron chi connectivity index (χ0n) is 14.6. The van der Waals surface area contributed by atoms with Crippen molar-refractivity contribution in [3.8, 4) is 0 Å². The number of halogens is 1. The summed E-state index contributed by atoms with van der Waals surface area (Å²) in [6.07, 6.45) is 4.64. The molecule has 2 aromatic rings. The quantitative estimate of drug-likeness (QED) is 0.358. The van der Waals surface area contributed by atoms with E-state index in [4.69, 9.17) is 4.42 Å². The van der Waals surface area contributed by atoms with Crippen LogP contribution in [-0.2, 0) is 17.8 Å². The second-order valence-corrected chi connectivity index (χ2v) is 6.97. The van der Waals surface area contributed by atoms with Gasteiger partial charge in [0.2, 0.25) is 5.91 Å². The van der Waals surface area contributed by atoms with E-state index in [0.29, 0.717) is 19.0 Å². The van der Waals surface area contributed by atoms with Crippen LogP contribution in [0.15, 0.2) is 45.3 Å². The number of amides is 1. The monoisotopic (exact) mass is 488 g/mol. The van der Waals surface area contributed by atoms with Crippen LogP contribution in [0.5, 0.6) is 0 Å². The largest absolute Gasteiger partial charge is 0.469 e. The Morgan fingerprint density at radius 2 is 2.08 bits per heavy atom. The van der Waals surface area contributed by atoms with Gasteiger partial charge in [-0.25, -0.2) is 4.99 Å². The van der Waals surface area contributed by atoms with Gasteiger partial charge in [-0.1, -0.05) is 6.07 Å². The Morgan fingerprint density at radius 1 is 1.23 bits per heavy atom. The molecule has 8 heteroatoms. The molecular formula is C18H25IN4O2S. The lowest BCUT2D eigenvalue weighted by atomic mass is 10.3. The Morgan fingerprint density at radius 3 is 2.77 bits per heavy atom. The summed E-state index contributed by atoms with van der Waals surface area (Å²) < 4.78 is 5.34. The first-order chi connectivity index (χ1) is 12.3. The lowest BCUT2D eigenvalue weighted by Gasteiger charge is -2.15. The van der Waals surface area contributed by atoms with Gasteiger partial charge in [-0.15, -0.1) is 35.3 Å². The third kappa shape index (κ3) is 6.64. The number of carbonyl (C=O) groups excluding carboxylic acids is 1. The molecule has 0 atom stereocenters. The molecule has 2 N–H and O–H groups in total. The highest BCUT2D eigenvalue weighted by atomic mass is 127. The highest BCUT2D eigenvalue weighted by Gasteiger charge is 2.17. The zero-order valence-corrected chi connectivity index (χ0v) is 17.8. The standard InChI is InChI=1S/C18H24N4O2S.HI/c23-17(22-9-1-2-10-22)14-21-18(20-13-16-6-4-12-25-16)19-8-7-15-5-3-11-24-15;/h3-6,11-12H,1-2,7-10,13-14H2,(H2,19,20,21);1H. The molecule has 0 aliphatic carbocycles. The van der Waals surface area contributed by atoms with Crippen LogP contribution >= 0.6 is 35.3 Å². The first kappa shape index (κ1) is 20.8. The minimum absolute atomic E-state index is 0. The van der Waals surface area contributed by atoms with Crippen molar-refractivity contribution in [1.29, 1.82) is 0 Å². The van der Waals surface area contributed by atoms with Crippen LogP contribution in [0.1, 0.15) is 23.5 Å². The number of guanidine groups is 1. The van der Waals surface area contributed by atoms with E-state index in [9.17, 15) is 4.79 Å². The van der Waals surface area contributed by atoms with E-state index in [-0.39, 0.29) is 36.4 Å². The minimum atomic E-state index is 0. The summed E-state index contributed by atoms with van der Waals surface area (Å²) in [5.74, 6) is 1.69. The fourth-order valence-corrected chi connectivity index (χ4v) is 3.38. The molecule has 0 radical (unpaired) electrons. The summed E-state index contributed by atoms with van der Waals surface area (Å²) in [6, 6.07) is 7.94. The molecule has 6 nitrogen and oxygen atoms in total. The summed E-state index contributed by atoms with van der Waals surface area (Å²) in [6.45, 7) is 3.29. The number of aliphatic imine (C=N–C) groups is 1. The number of hydrogen-bond acceptors (Lipinski definition) is 4. The molecule has 3 rings (SSSR count). The Labute approximate surface area is 175 Å². The van der Waals surface area contributed by atoms with Gasteiger partial charge in [0.05, 0.1) is 12.8 Å². The smallest absolute Gasteiger partial charge is 0.244 e. The average molecular weight is 488 g/mol. The van der Waals surface area contributed by atoms with Gasteiger partial charge >= 0.3 is 0 Å². The van der Waals surface area contributed by atoms with Crippen LogP contribution in [-0.4, -0.2) is 42.9 Å². The van der Waals surface area contributed by atoms with Gasteiger partial charge in [0.1, 0.15) is 12.3 Å². The summed E-state index contributed by atoms with van der Waals surface area (Å²) >= 11 is 1.70. The number of thiophene rings is 1. The van der Waals surface area contributed by atoms with Gasteiger partial charge in [0.15, 0.2) is 5.96 Å². The van der Waals surface area contributed by atoms with Crippen LogP contribution < -0.4 is 10.6 Å². The fraction of sp³-hybridized carbons (Fsp3) is 0.444. The lowest BCUT2D eigenvalue weighted by molar-refractivity contribution is -0.128. The Kier molecular flexibility index (Phi) is 8.96. The van der Waals surface area contributed by atoms with Crippen LogP contribution in [0.2, 0.25) is 0 Å². The zero-order chi connectivity index (χ0) is 17.3. The Bertz CT molecular complexity index is 667. The summed E-state index contributed by atoms with van der Waals surface area (Å²) in [7, 11) is 0. The van der Waals surface area contributed by atoms with Crippen molar-refractivity contribution in [1.82, 2.24) is 15.5 Å². The number of carbonyl (C=O) groups is 1. The van der Waals surface area contributed by atoms with E-state index in [1.165, 1.54) is 4.88 Å². The Balaban J connectivity index is 0.00000243. The Hall–Kier alpha value is -1.55. The molecule has 26 heavy (non-hydrogen) atoms. The second kappa shape index (κ2) is 11.2. The first-order valence-electron chi connectivity index (χ1n) is 8.66. The van der Waals surface area contributed by atoms with Gasteiger partial charge in [0.25, 0.3) is 0 Å². The number of likely N-dealkylation sites (tertiary alicyclic amines) is 1. The summed E-state index contributed by atoms with van der Waals surface area (Å²) in [5, 5.41) is 8.63. The third-order valence-corrected chi connectivity index (χ3v) is 4.96. The number of furan rings is 1. The topological polar surface area (TPSA) is 69.9 Å². The predicted molar refractivity (Wildman–Crippen MR) is 115 cm³/mol. The van der Waals surface area contributed by atoms with E-state index in [2.05, 4.69) is 27.1 Å². The number of nitrogens with zero attached hydrogens (tertiary/aromatic N) is 2. The second-order valence-electron chi connectivity index (χ2n) is 5.94. The first-order valence-corrected chi connectivity index (χ1v) is 9.54. The van der Waals surface area contributed by atoms with Crippen molar-refractivity contribution in [2.75, 3.05) is 26.2 Å². The van der Waals surface area contributed by atoms with E-state index in [0.717, 1.165) is 38.1 Å². The highest BCUT2D eigenvalue weighted by Crippen LogP contribution is 2.08. The van der Waals surface area contributed by atoms with E-state index >= 15 is 0 Å². The molecular weight excluding hydrogens is 463 g/mol. The molecule has 1 amide bonds. The molecule has 0 unspecified atom stereocenters. The number of rotatable bonds is 7. The maximum Gasteiger partial charge on any atom is 0.244 e. The molecule has 0 aromatic carbocycles. The van der Waals surface area contributed by atoms with E-state index in [1.54, 1.807) is 17.6 Å². The molecule has 3 heterocycles. The van der Waals surface area contributed by atoms with E-state index in [1.807, 2.05) is 23.1 Å². The SMILES string of the molecule is I.O=C(CN=C(NCCc1ccco1)NCc1cccs1)N1CCCC1.